The van der Waals surface area contributed by atoms with Gasteiger partial charge in [0.05, 0.1) is 5.69 Å². The van der Waals surface area contributed by atoms with Crippen LogP contribution in [-0.2, 0) is 12.8 Å². The summed E-state index contributed by atoms with van der Waals surface area (Å²) in [5.74, 6) is 0. The number of pyridine rings is 1. The van der Waals surface area contributed by atoms with Crippen molar-refractivity contribution in [3.8, 4) is 6.07 Å². The van der Waals surface area contributed by atoms with Crippen LogP contribution in [0.3, 0.4) is 0 Å². The summed E-state index contributed by atoms with van der Waals surface area (Å²) in [5, 5.41) is 10.00. The number of nitrogens with zero attached hydrogens (tertiary/aromatic N) is 2. The molecule has 1 aliphatic rings. The van der Waals surface area contributed by atoms with Crippen LogP contribution in [0.2, 0.25) is 0 Å². The van der Waals surface area contributed by atoms with Crippen LogP contribution < -0.4 is 5.73 Å². The molecule has 0 radical (unpaired) electrons. The number of nitriles is 1. The number of aryl methyl sites for hydroxylation is 2. The molecule has 0 amide bonds. The Labute approximate surface area is 110 Å². The van der Waals surface area contributed by atoms with E-state index in [0.29, 0.717) is 10.6 Å². The van der Waals surface area contributed by atoms with Gasteiger partial charge in [0.1, 0.15) is 15.8 Å². The summed E-state index contributed by atoms with van der Waals surface area (Å²) in [6.45, 7) is 0. The lowest BCUT2D eigenvalue weighted by Crippen LogP contribution is -2.02. The Bertz CT molecular complexity index is 637. The highest BCUT2D eigenvalue weighted by Gasteiger charge is 2.15. The molecule has 0 aliphatic heterocycles. The van der Waals surface area contributed by atoms with E-state index in [1.54, 1.807) is 0 Å². The predicted molar refractivity (Wildman–Crippen MR) is 74.6 cm³/mol. The van der Waals surface area contributed by atoms with Crippen LogP contribution in [0.4, 0.5) is 5.69 Å². The Morgan fingerprint density at radius 2 is 2.00 bits per heavy atom. The van der Waals surface area contributed by atoms with Crippen LogP contribution in [0.15, 0.2) is 6.07 Å². The minimum atomic E-state index is 0.593. The van der Waals surface area contributed by atoms with Crippen molar-refractivity contribution in [2.45, 2.75) is 38.5 Å². The SMILES string of the molecule is N#Cc1sc2nc3c(cc2c1N)CCCCCC3. The summed E-state index contributed by atoms with van der Waals surface area (Å²) in [6, 6.07) is 4.32. The Hall–Kier alpha value is -1.60. The van der Waals surface area contributed by atoms with Gasteiger partial charge in [0.2, 0.25) is 0 Å². The second kappa shape index (κ2) is 4.58. The summed E-state index contributed by atoms with van der Waals surface area (Å²) in [5.41, 5.74) is 9.15. The monoisotopic (exact) mass is 257 g/mol. The number of aromatic nitrogens is 1. The first-order valence-corrected chi connectivity index (χ1v) is 7.22. The number of hydrogen-bond acceptors (Lipinski definition) is 4. The topological polar surface area (TPSA) is 62.7 Å². The van der Waals surface area contributed by atoms with Crippen molar-refractivity contribution in [2.75, 3.05) is 5.73 Å². The van der Waals surface area contributed by atoms with Gasteiger partial charge in [0.15, 0.2) is 0 Å². The molecular formula is C14H15N3S. The third kappa shape index (κ3) is 1.85. The Balaban J connectivity index is 2.18. The summed E-state index contributed by atoms with van der Waals surface area (Å²) < 4.78 is 0. The number of nitrogens with two attached hydrogens (primary N) is 1. The van der Waals surface area contributed by atoms with Crippen LogP contribution in [-0.4, -0.2) is 4.98 Å². The first-order valence-electron chi connectivity index (χ1n) is 6.40. The van der Waals surface area contributed by atoms with Gasteiger partial charge in [-0.05, 0) is 37.3 Å². The zero-order valence-corrected chi connectivity index (χ0v) is 11.0. The summed E-state index contributed by atoms with van der Waals surface area (Å²) in [6.07, 6.45) is 7.21. The Kier molecular flexibility index (Phi) is 2.92. The lowest BCUT2D eigenvalue weighted by atomic mass is 9.96. The molecule has 2 heterocycles. The van der Waals surface area contributed by atoms with Crippen LogP contribution in [0.1, 0.15) is 41.8 Å². The van der Waals surface area contributed by atoms with E-state index in [9.17, 15) is 0 Å². The first kappa shape index (κ1) is 11.5. The van der Waals surface area contributed by atoms with E-state index in [1.165, 1.54) is 48.3 Å². The van der Waals surface area contributed by atoms with Crippen molar-refractivity contribution in [2.24, 2.45) is 0 Å². The number of rotatable bonds is 0. The van der Waals surface area contributed by atoms with E-state index in [-0.39, 0.29) is 0 Å². The molecule has 3 rings (SSSR count). The van der Waals surface area contributed by atoms with Gasteiger partial charge in [-0.3, -0.25) is 0 Å². The van der Waals surface area contributed by atoms with Crippen LogP contribution in [0, 0.1) is 11.3 Å². The molecule has 2 N–H and O–H groups in total. The van der Waals surface area contributed by atoms with E-state index >= 15 is 0 Å². The molecule has 3 nitrogen and oxygen atoms in total. The van der Waals surface area contributed by atoms with E-state index in [2.05, 4.69) is 12.1 Å². The number of fused-ring (bicyclic) bond motifs is 2. The highest BCUT2D eigenvalue weighted by molar-refractivity contribution is 7.19. The summed E-state index contributed by atoms with van der Waals surface area (Å²) in [7, 11) is 0. The molecular weight excluding hydrogens is 242 g/mol. The maximum Gasteiger partial charge on any atom is 0.130 e. The Morgan fingerprint density at radius 1 is 1.22 bits per heavy atom. The normalized spacial score (nSPS) is 15.7. The highest BCUT2D eigenvalue weighted by atomic mass is 32.1. The zero-order valence-electron chi connectivity index (χ0n) is 10.2. The van der Waals surface area contributed by atoms with Crippen molar-refractivity contribution >= 4 is 27.2 Å². The molecule has 0 saturated carbocycles. The van der Waals surface area contributed by atoms with Crippen molar-refractivity contribution in [1.82, 2.24) is 4.98 Å². The fraction of sp³-hybridized carbons (Fsp3) is 0.429. The van der Waals surface area contributed by atoms with Crippen LogP contribution in [0.5, 0.6) is 0 Å². The molecule has 0 atom stereocenters. The van der Waals surface area contributed by atoms with Gasteiger partial charge in [0.25, 0.3) is 0 Å². The second-order valence-electron chi connectivity index (χ2n) is 4.82. The molecule has 0 bridgehead atoms. The van der Waals surface area contributed by atoms with Gasteiger partial charge >= 0.3 is 0 Å². The molecule has 1 aliphatic carbocycles. The van der Waals surface area contributed by atoms with Crippen LogP contribution in [0.25, 0.3) is 10.2 Å². The molecule has 2 aromatic heterocycles. The molecule has 0 fully saturated rings. The molecule has 0 aromatic carbocycles. The third-order valence-corrected chi connectivity index (χ3v) is 4.62. The van der Waals surface area contributed by atoms with E-state index in [4.69, 9.17) is 16.0 Å². The standard InChI is InChI=1S/C14H15N3S/c15-8-12-13(16)10-7-9-5-3-1-2-4-6-11(9)17-14(10)18-12/h7H,1-6,16H2. The van der Waals surface area contributed by atoms with Crippen molar-refractivity contribution < 1.29 is 0 Å². The van der Waals surface area contributed by atoms with Gasteiger partial charge in [-0.2, -0.15) is 5.26 Å². The van der Waals surface area contributed by atoms with Gasteiger partial charge < -0.3 is 5.73 Å². The lowest BCUT2D eigenvalue weighted by Gasteiger charge is -2.12. The third-order valence-electron chi connectivity index (χ3n) is 3.60. The average Bonchev–Trinajstić information content (AvgIpc) is 2.66. The minimum absolute atomic E-state index is 0.593. The fourth-order valence-corrected chi connectivity index (χ4v) is 3.49. The highest BCUT2D eigenvalue weighted by Crippen LogP contribution is 2.34. The lowest BCUT2D eigenvalue weighted by molar-refractivity contribution is 0.610. The smallest absolute Gasteiger partial charge is 0.130 e. The molecule has 4 heteroatoms. The van der Waals surface area contributed by atoms with Crippen molar-refractivity contribution in [3.05, 3.63) is 22.2 Å². The van der Waals surface area contributed by atoms with Crippen LogP contribution >= 0.6 is 11.3 Å². The maximum atomic E-state index is 9.03. The van der Waals surface area contributed by atoms with E-state index in [1.807, 2.05) is 0 Å². The maximum absolute atomic E-state index is 9.03. The van der Waals surface area contributed by atoms with E-state index in [0.717, 1.165) is 23.1 Å². The molecule has 0 unspecified atom stereocenters. The second-order valence-corrected chi connectivity index (χ2v) is 5.82. The van der Waals surface area contributed by atoms with E-state index < -0.39 is 0 Å². The molecule has 0 spiro atoms. The number of nitrogen functional groups attached to an aromatic ring is 1. The molecule has 18 heavy (non-hydrogen) atoms. The average molecular weight is 257 g/mol. The van der Waals surface area contributed by atoms with Gasteiger partial charge in [0, 0.05) is 11.1 Å². The van der Waals surface area contributed by atoms with Gasteiger partial charge in [-0.15, -0.1) is 11.3 Å². The molecule has 0 saturated heterocycles. The van der Waals surface area contributed by atoms with Crippen molar-refractivity contribution in [1.29, 1.82) is 5.26 Å². The quantitative estimate of drug-likeness (QED) is 0.786. The Morgan fingerprint density at radius 3 is 2.78 bits per heavy atom. The number of anilines is 1. The summed E-state index contributed by atoms with van der Waals surface area (Å²) in [4.78, 5) is 6.25. The molecule has 2 aromatic rings. The molecule has 92 valence electrons. The van der Waals surface area contributed by atoms with Gasteiger partial charge in [-0.25, -0.2) is 4.98 Å². The fourth-order valence-electron chi connectivity index (χ4n) is 2.60. The zero-order chi connectivity index (χ0) is 12.5. The predicted octanol–water partition coefficient (Wildman–Crippen LogP) is 3.41. The number of hydrogen-bond donors (Lipinski definition) is 1. The summed E-state index contributed by atoms with van der Waals surface area (Å²) >= 11 is 1.41. The van der Waals surface area contributed by atoms with Crippen molar-refractivity contribution in [3.63, 3.8) is 0 Å². The number of thiophene rings is 1. The van der Waals surface area contributed by atoms with Gasteiger partial charge in [-0.1, -0.05) is 12.8 Å². The first-order chi connectivity index (χ1) is 8.79. The largest absolute Gasteiger partial charge is 0.396 e. The minimum Gasteiger partial charge on any atom is -0.396 e.